The summed E-state index contributed by atoms with van der Waals surface area (Å²) < 4.78 is 5.61. The third-order valence-electron chi connectivity index (χ3n) is 3.55. The van der Waals surface area contributed by atoms with Crippen LogP contribution in [0.3, 0.4) is 0 Å². The van der Waals surface area contributed by atoms with Crippen molar-refractivity contribution in [2.75, 3.05) is 5.32 Å². The molecule has 0 aliphatic rings. The summed E-state index contributed by atoms with van der Waals surface area (Å²) in [6.45, 7) is 0.626. The summed E-state index contributed by atoms with van der Waals surface area (Å²) in [5.41, 5.74) is 8.16. The molecule has 0 atom stereocenters. The average molecular weight is 334 g/mol. The Morgan fingerprint density at radius 2 is 1.88 bits per heavy atom. The highest BCUT2D eigenvalue weighted by atomic mass is 16.5. The Labute approximate surface area is 145 Å². The molecule has 3 aromatic rings. The van der Waals surface area contributed by atoms with Crippen LogP contribution in [0.2, 0.25) is 0 Å². The molecule has 6 nitrogen and oxygen atoms in total. The third-order valence-corrected chi connectivity index (χ3v) is 3.55. The molecule has 1 amide bonds. The summed E-state index contributed by atoms with van der Waals surface area (Å²) in [7, 11) is 0. The predicted octanol–water partition coefficient (Wildman–Crippen LogP) is 2.91. The number of carbonyl (C=O) groups is 1. The highest BCUT2D eigenvalue weighted by Crippen LogP contribution is 2.20. The van der Waals surface area contributed by atoms with Gasteiger partial charge in [0.05, 0.1) is 12.6 Å². The van der Waals surface area contributed by atoms with Gasteiger partial charge in [-0.25, -0.2) is 4.98 Å². The maximum Gasteiger partial charge on any atom is 0.237 e. The van der Waals surface area contributed by atoms with Crippen molar-refractivity contribution < 1.29 is 9.53 Å². The second-order valence-corrected chi connectivity index (χ2v) is 5.44. The summed E-state index contributed by atoms with van der Waals surface area (Å²) in [6, 6.07) is 15.3. The second kappa shape index (κ2) is 7.92. The van der Waals surface area contributed by atoms with Crippen LogP contribution in [0.25, 0.3) is 0 Å². The van der Waals surface area contributed by atoms with Crippen LogP contribution in [0.15, 0.2) is 67.1 Å². The van der Waals surface area contributed by atoms with Crippen LogP contribution >= 0.6 is 0 Å². The van der Waals surface area contributed by atoms with E-state index in [9.17, 15) is 4.79 Å². The molecule has 0 aliphatic heterocycles. The van der Waals surface area contributed by atoms with E-state index in [-0.39, 0.29) is 12.3 Å². The molecule has 0 bridgehead atoms. The first kappa shape index (κ1) is 16.4. The van der Waals surface area contributed by atoms with Gasteiger partial charge in [-0.15, -0.1) is 0 Å². The van der Waals surface area contributed by atoms with Gasteiger partial charge in [-0.1, -0.05) is 30.3 Å². The molecule has 0 aliphatic carbocycles. The van der Waals surface area contributed by atoms with E-state index in [0.717, 1.165) is 16.8 Å². The maximum absolute atomic E-state index is 11.2. The fraction of sp³-hybridized carbons (Fsp3) is 0.105. The van der Waals surface area contributed by atoms with Crippen molar-refractivity contribution in [2.24, 2.45) is 5.73 Å². The number of primary amides is 1. The minimum absolute atomic E-state index is 0.216. The highest BCUT2D eigenvalue weighted by Gasteiger charge is 2.05. The lowest BCUT2D eigenvalue weighted by atomic mass is 10.1. The Morgan fingerprint density at radius 1 is 1.08 bits per heavy atom. The van der Waals surface area contributed by atoms with Crippen LogP contribution in [-0.2, 0) is 17.8 Å². The lowest BCUT2D eigenvalue weighted by Gasteiger charge is -2.11. The van der Waals surface area contributed by atoms with Gasteiger partial charge in [-0.05, 0) is 29.3 Å². The van der Waals surface area contributed by atoms with E-state index in [1.165, 1.54) is 0 Å². The molecule has 0 spiro atoms. The minimum atomic E-state index is -0.347. The summed E-state index contributed by atoms with van der Waals surface area (Å²) in [6.07, 6.45) is 4.95. The molecule has 25 heavy (non-hydrogen) atoms. The first-order valence-corrected chi connectivity index (χ1v) is 7.83. The lowest BCUT2D eigenvalue weighted by Crippen LogP contribution is -2.15. The van der Waals surface area contributed by atoms with Crippen molar-refractivity contribution in [3.63, 3.8) is 0 Å². The molecule has 0 unspecified atom stereocenters. The number of hydrogen-bond donors (Lipinski definition) is 2. The molecule has 0 radical (unpaired) electrons. The van der Waals surface area contributed by atoms with E-state index in [1.807, 2.05) is 48.5 Å². The standard InChI is InChI=1S/C19H18N4O2/c20-18(24)11-15-3-1-2-4-17(15)23-12-14-5-7-16(8-6-14)25-19-13-21-9-10-22-19/h1-10,13,23H,11-12H2,(H2,20,24). The van der Waals surface area contributed by atoms with Crippen molar-refractivity contribution in [2.45, 2.75) is 13.0 Å². The van der Waals surface area contributed by atoms with Gasteiger partial charge in [0.25, 0.3) is 0 Å². The van der Waals surface area contributed by atoms with E-state index in [0.29, 0.717) is 18.2 Å². The minimum Gasteiger partial charge on any atom is -0.438 e. The quantitative estimate of drug-likeness (QED) is 0.693. The SMILES string of the molecule is NC(=O)Cc1ccccc1NCc1ccc(Oc2cnccn2)cc1. The monoisotopic (exact) mass is 334 g/mol. The summed E-state index contributed by atoms with van der Waals surface area (Å²) in [5.74, 6) is 0.798. The van der Waals surface area contributed by atoms with Crippen LogP contribution in [0, 0.1) is 0 Å². The van der Waals surface area contributed by atoms with Crippen molar-refractivity contribution in [1.29, 1.82) is 0 Å². The molecule has 3 rings (SSSR count). The zero-order valence-electron chi connectivity index (χ0n) is 13.6. The zero-order chi connectivity index (χ0) is 17.5. The Balaban J connectivity index is 1.62. The lowest BCUT2D eigenvalue weighted by molar-refractivity contribution is -0.117. The Kier molecular flexibility index (Phi) is 5.21. The highest BCUT2D eigenvalue weighted by molar-refractivity contribution is 5.78. The fourth-order valence-corrected chi connectivity index (χ4v) is 2.37. The molecule has 6 heteroatoms. The van der Waals surface area contributed by atoms with Gasteiger partial charge in [0, 0.05) is 24.6 Å². The molecule has 1 aromatic heterocycles. The number of nitrogens with one attached hydrogen (secondary N) is 1. The number of benzene rings is 2. The Morgan fingerprint density at radius 3 is 2.60 bits per heavy atom. The number of ether oxygens (including phenoxy) is 1. The molecule has 1 heterocycles. The topological polar surface area (TPSA) is 90.1 Å². The van der Waals surface area contributed by atoms with E-state index < -0.39 is 0 Å². The van der Waals surface area contributed by atoms with Crippen molar-refractivity contribution in [3.8, 4) is 11.6 Å². The normalized spacial score (nSPS) is 10.2. The van der Waals surface area contributed by atoms with Gasteiger partial charge >= 0.3 is 0 Å². The second-order valence-electron chi connectivity index (χ2n) is 5.44. The van der Waals surface area contributed by atoms with Crippen molar-refractivity contribution >= 4 is 11.6 Å². The number of aromatic nitrogens is 2. The van der Waals surface area contributed by atoms with Gasteiger partial charge in [0.1, 0.15) is 5.75 Å². The smallest absolute Gasteiger partial charge is 0.237 e. The molecular formula is C19H18N4O2. The molecule has 0 fully saturated rings. The number of para-hydroxylation sites is 1. The van der Waals surface area contributed by atoms with E-state index in [4.69, 9.17) is 10.5 Å². The van der Waals surface area contributed by atoms with Gasteiger partial charge < -0.3 is 15.8 Å². The molecule has 126 valence electrons. The van der Waals surface area contributed by atoms with Gasteiger partial charge in [0.2, 0.25) is 11.8 Å². The first-order valence-electron chi connectivity index (χ1n) is 7.83. The van der Waals surface area contributed by atoms with E-state index in [2.05, 4.69) is 15.3 Å². The first-order chi connectivity index (χ1) is 12.2. The number of nitrogens with zero attached hydrogens (tertiary/aromatic N) is 2. The van der Waals surface area contributed by atoms with Crippen LogP contribution < -0.4 is 15.8 Å². The van der Waals surface area contributed by atoms with Crippen LogP contribution in [0.1, 0.15) is 11.1 Å². The molecule has 0 saturated carbocycles. The Bertz CT molecular complexity index is 836. The third kappa shape index (κ3) is 4.78. The molecule has 0 saturated heterocycles. The number of amides is 1. The molecular weight excluding hydrogens is 316 g/mol. The number of anilines is 1. The Hall–Kier alpha value is -3.41. The summed E-state index contributed by atoms with van der Waals surface area (Å²) in [5, 5.41) is 3.33. The predicted molar refractivity (Wildman–Crippen MR) is 95.2 cm³/mol. The van der Waals surface area contributed by atoms with Gasteiger partial charge in [-0.2, -0.15) is 0 Å². The largest absolute Gasteiger partial charge is 0.438 e. The van der Waals surface area contributed by atoms with Gasteiger partial charge in [0.15, 0.2) is 0 Å². The molecule has 3 N–H and O–H groups in total. The van der Waals surface area contributed by atoms with Crippen LogP contribution in [-0.4, -0.2) is 15.9 Å². The van der Waals surface area contributed by atoms with Crippen LogP contribution in [0.4, 0.5) is 5.69 Å². The summed E-state index contributed by atoms with van der Waals surface area (Å²) >= 11 is 0. The van der Waals surface area contributed by atoms with E-state index >= 15 is 0 Å². The zero-order valence-corrected chi connectivity index (χ0v) is 13.6. The summed E-state index contributed by atoms with van der Waals surface area (Å²) in [4.78, 5) is 19.2. The molecule has 2 aromatic carbocycles. The van der Waals surface area contributed by atoms with Crippen LogP contribution in [0.5, 0.6) is 11.6 Å². The number of rotatable bonds is 7. The maximum atomic E-state index is 11.2. The average Bonchev–Trinajstić information content (AvgIpc) is 2.63. The fourth-order valence-electron chi connectivity index (χ4n) is 2.37. The number of carbonyl (C=O) groups excluding carboxylic acids is 1. The number of hydrogen-bond acceptors (Lipinski definition) is 5. The number of nitrogens with two attached hydrogens (primary N) is 1. The van der Waals surface area contributed by atoms with Crippen molar-refractivity contribution in [1.82, 2.24) is 9.97 Å². The van der Waals surface area contributed by atoms with E-state index in [1.54, 1.807) is 18.6 Å². The van der Waals surface area contributed by atoms with Gasteiger partial charge in [-0.3, -0.25) is 9.78 Å². The van der Waals surface area contributed by atoms with Crippen molar-refractivity contribution in [3.05, 3.63) is 78.2 Å².